The summed E-state index contributed by atoms with van der Waals surface area (Å²) in [5.41, 5.74) is 0. The van der Waals surface area contributed by atoms with Crippen molar-refractivity contribution in [1.29, 1.82) is 0 Å². The van der Waals surface area contributed by atoms with Gasteiger partial charge in [-0.05, 0) is 5.92 Å². The number of hydrogen-bond donors (Lipinski definition) is 2. The minimum Gasteiger partial charge on any atom is -0.481 e. The number of carboxylic acids is 1. The molecule has 1 atom stereocenters. The molecule has 5 nitrogen and oxygen atoms in total. The summed E-state index contributed by atoms with van der Waals surface area (Å²) < 4.78 is 46.7. The van der Waals surface area contributed by atoms with Crippen molar-refractivity contribution in [2.24, 2.45) is 5.92 Å². The van der Waals surface area contributed by atoms with Gasteiger partial charge in [0.15, 0.2) is 0 Å². The molecule has 0 aromatic heterocycles. The SMILES string of the molecule is CCC(CNS(=O)(=O)C(F)F)CC(=O)O. The van der Waals surface area contributed by atoms with E-state index in [2.05, 4.69) is 0 Å². The Morgan fingerprint density at radius 2 is 2.00 bits per heavy atom. The van der Waals surface area contributed by atoms with Gasteiger partial charge in [0.2, 0.25) is 0 Å². The Bertz CT molecular complexity index is 304. The Labute approximate surface area is 86.5 Å². The number of alkyl halides is 2. The van der Waals surface area contributed by atoms with Gasteiger partial charge in [-0.25, -0.2) is 13.1 Å². The molecule has 0 aliphatic rings. The number of sulfonamides is 1. The lowest BCUT2D eigenvalue weighted by atomic mass is 10.0. The van der Waals surface area contributed by atoms with E-state index in [1.165, 1.54) is 0 Å². The van der Waals surface area contributed by atoms with E-state index in [-0.39, 0.29) is 13.0 Å². The molecule has 0 spiro atoms. The molecule has 0 saturated carbocycles. The van der Waals surface area contributed by atoms with Gasteiger partial charge in [0.05, 0.1) is 0 Å². The normalized spacial score (nSPS) is 14.1. The second-order valence-corrected chi connectivity index (χ2v) is 4.76. The summed E-state index contributed by atoms with van der Waals surface area (Å²) in [6, 6.07) is 0. The third-order valence-corrected chi connectivity index (χ3v) is 2.89. The first-order valence-corrected chi connectivity index (χ1v) is 5.82. The van der Waals surface area contributed by atoms with E-state index in [9.17, 15) is 22.0 Å². The van der Waals surface area contributed by atoms with E-state index in [1.54, 1.807) is 11.6 Å². The lowest BCUT2D eigenvalue weighted by Gasteiger charge is -2.13. The lowest BCUT2D eigenvalue weighted by Crippen LogP contribution is -2.34. The molecule has 0 aromatic rings. The van der Waals surface area contributed by atoms with Crippen molar-refractivity contribution in [2.45, 2.75) is 25.5 Å². The van der Waals surface area contributed by atoms with Crippen molar-refractivity contribution in [2.75, 3.05) is 6.54 Å². The maximum atomic E-state index is 11.9. The second-order valence-electron chi connectivity index (χ2n) is 3.03. The van der Waals surface area contributed by atoms with E-state index in [0.29, 0.717) is 6.42 Å². The number of nitrogens with one attached hydrogen (secondary N) is 1. The molecular weight excluding hydrogens is 232 g/mol. The first-order valence-electron chi connectivity index (χ1n) is 4.28. The molecule has 0 radical (unpaired) electrons. The van der Waals surface area contributed by atoms with E-state index in [1.807, 2.05) is 0 Å². The molecule has 0 amide bonds. The van der Waals surface area contributed by atoms with Crippen LogP contribution in [-0.4, -0.2) is 31.8 Å². The maximum absolute atomic E-state index is 11.9. The maximum Gasteiger partial charge on any atom is 0.350 e. The standard InChI is InChI=1S/C7H13F2NO4S/c1-2-5(3-6(11)12)4-10-15(13,14)7(8)9/h5,7,10H,2-4H2,1H3,(H,11,12). The largest absolute Gasteiger partial charge is 0.481 e. The Hall–Kier alpha value is -0.760. The minimum atomic E-state index is -4.62. The highest BCUT2D eigenvalue weighted by molar-refractivity contribution is 7.89. The smallest absolute Gasteiger partial charge is 0.350 e. The fourth-order valence-corrected chi connectivity index (χ4v) is 1.50. The van der Waals surface area contributed by atoms with Gasteiger partial charge in [-0.1, -0.05) is 13.3 Å². The van der Waals surface area contributed by atoms with Crippen molar-refractivity contribution in [1.82, 2.24) is 4.72 Å². The number of hydrogen-bond acceptors (Lipinski definition) is 3. The Kier molecular flexibility index (Phi) is 5.66. The fraction of sp³-hybridized carbons (Fsp3) is 0.857. The van der Waals surface area contributed by atoms with Crippen LogP contribution in [0.3, 0.4) is 0 Å². The number of halogens is 2. The molecule has 0 heterocycles. The number of carbonyl (C=O) groups is 1. The Morgan fingerprint density at radius 3 is 2.33 bits per heavy atom. The van der Waals surface area contributed by atoms with Crippen LogP contribution in [0.5, 0.6) is 0 Å². The van der Waals surface area contributed by atoms with Gasteiger partial charge in [0.25, 0.3) is 10.0 Å². The van der Waals surface area contributed by atoms with E-state index >= 15 is 0 Å². The van der Waals surface area contributed by atoms with Crippen LogP contribution in [0, 0.1) is 5.92 Å². The molecule has 1 unspecified atom stereocenters. The number of aliphatic carboxylic acids is 1. The predicted molar refractivity (Wildman–Crippen MR) is 49.0 cm³/mol. The van der Waals surface area contributed by atoms with Gasteiger partial charge >= 0.3 is 11.7 Å². The first kappa shape index (κ1) is 14.2. The van der Waals surface area contributed by atoms with Crippen LogP contribution < -0.4 is 4.72 Å². The van der Waals surface area contributed by atoms with Gasteiger partial charge in [0, 0.05) is 13.0 Å². The van der Waals surface area contributed by atoms with Gasteiger partial charge < -0.3 is 5.11 Å². The second kappa shape index (κ2) is 5.96. The summed E-state index contributed by atoms with van der Waals surface area (Å²) in [4.78, 5) is 10.3. The van der Waals surface area contributed by atoms with E-state index < -0.39 is 27.7 Å². The molecule has 0 fully saturated rings. The average molecular weight is 245 g/mol. The molecule has 2 N–H and O–H groups in total. The molecule has 0 aliphatic carbocycles. The third kappa shape index (κ3) is 5.63. The number of carboxylic acid groups (broad SMARTS) is 1. The predicted octanol–water partition coefficient (Wildman–Crippen LogP) is 0.629. The molecule has 0 aliphatic heterocycles. The minimum absolute atomic E-state index is 0.248. The monoisotopic (exact) mass is 245 g/mol. The first-order chi connectivity index (χ1) is 6.79. The van der Waals surface area contributed by atoms with Crippen LogP contribution in [0.25, 0.3) is 0 Å². The van der Waals surface area contributed by atoms with Crippen LogP contribution in [-0.2, 0) is 14.8 Å². The zero-order chi connectivity index (χ0) is 12.1. The van der Waals surface area contributed by atoms with Crippen molar-refractivity contribution < 1.29 is 27.1 Å². The summed E-state index contributed by atoms with van der Waals surface area (Å²) in [6.45, 7) is 1.37. The topological polar surface area (TPSA) is 83.5 Å². The zero-order valence-corrected chi connectivity index (χ0v) is 8.93. The van der Waals surface area contributed by atoms with Crippen molar-refractivity contribution >= 4 is 16.0 Å². The summed E-state index contributed by atoms with van der Waals surface area (Å²) in [6.07, 6.45) is 0.153. The Morgan fingerprint density at radius 1 is 1.47 bits per heavy atom. The molecule has 8 heteroatoms. The van der Waals surface area contributed by atoms with Crippen LogP contribution >= 0.6 is 0 Å². The van der Waals surface area contributed by atoms with E-state index in [4.69, 9.17) is 5.11 Å². The lowest BCUT2D eigenvalue weighted by molar-refractivity contribution is -0.138. The van der Waals surface area contributed by atoms with Gasteiger partial charge in [-0.3, -0.25) is 4.79 Å². The average Bonchev–Trinajstić information content (AvgIpc) is 2.11. The zero-order valence-electron chi connectivity index (χ0n) is 8.11. The highest BCUT2D eigenvalue weighted by Crippen LogP contribution is 2.09. The van der Waals surface area contributed by atoms with Crippen molar-refractivity contribution in [3.05, 3.63) is 0 Å². The third-order valence-electron chi connectivity index (χ3n) is 1.85. The molecule has 0 rings (SSSR count). The van der Waals surface area contributed by atoms with Crippen LogP contribution in [0.2, 0.25) is 0 Å². The molecular formula is C7H13F2NO4S. The van der Waals surface area contributed by atoms with Gasteiger partial charge in [0.1, 0.15) is 0 Å². The number of rotatable bonds is 7. The summed E-state index contributed by atoms with van der Waals surface area (Å²) in [7, 11) is -4.62. The summed E-state index contributed by atoms with van der Waals surface area (Å²) in [5.74, 6) is -5.05. The van der Waals surface area contributed by atoms with Gasteiger partial charge in [-0.2, -0.15) is 8.78 Å². The highest BCUT2D eigenvalue weighted by Gasteiger charge is 2.24. The molecule has 0 saturated heterocycles. The Balaban J connectivity index is 4.18. The summed E-state index contributed by atoms with van der Waals surface area (Å²) >= 11 is 0. The van der Waals surface area contributed by atoms with E-state index in [0.717, 1.165) is 0 Å². The highest BCUT2D eigenvalue weighted by atomic mass is 32.2. The molecule has 15 heavy (non-hydrogen) atoms. The fourth-order valence-electron chi connectivity index (χ4n) is 0.905. The van der Waals surface area contributed by atoms with Crippen molar-refractivity contribution in [3.63, 3.8) is 0 Å². The molecule has 90 valence electrons. The molecule has 0 bridgehead atoms. The van der Waals surface area contributed by atoms with Crippen LogP contribution in [0.1, 0.15) is 19.8 Å². The summed E-state index contributed by atoms with van der Waals surface area (Å²) in [5, 5.41) is 8.43. The van der Waals surface area contributed by atoms with Crippen LogP contribution in [0.15, 0.2) is 0 Å². The van der Waals surface area contributed by atoms with Crippen molar-refractivity contribution in [3.8, 4) is 0 Å². The van der Waals surface area contributed by atoms with Crippen LogP contribution in [0.4, 0.5) is 8.78 Å². The molecule has 0 aromatic carbocycles. The quantitative estimate of drug-likeness (QED) is 0.689. The van der Waals surface area contributed by atoms with Gasteiger partial charge in [-0.15, -0.1) is 0 Å².